The van der Waals surface area contributed by atoms with Crippen LogP contribution in [-0.4, -0.2) is 36.0 Å². The van der Waals surface area contributed by atoms with Gasteiger partial charge < -0.3 is 15.2 Å². The van der Waals surface area contributed by atoms with Gasteiger partial charge in [0.15, 0.2) is 11.5 Å². The highest BCUT2D eigenvalue weighted by molar-refractivity contribution is 6.09. The SMILES string of the molecule is COc1ccc(C2(c3ccc(OC)cc3)N=C(N)N(Cc3cccnc3)C2=O)cc1. The van der Waals surface area contributed by atoms with Gasteiger partial charge in [-0.05, 0) is 47.0 Å². The van der Waals surface area contributed by atoms with Crippen LogP contribution in [0, 0.1) is 0 Å². The van der Waals surface area contributed by atoms with E-state index in [1.807, 2.05) is 60.7 Å². The summed E-state index contributed by atoms with van der Waals surface area (Å²) in [5, 5.41) is 0. The van der Waals surface area contributed by atoms with E-state index in [0.29, 0.717) is 22.6 Å². The molecular formula is C23H22N4O3. The molecule has 1 aromatic heterocycles. The Hall–Kier alpha value is -3.87. The Morgan fingerprint density at radius 1 is 0.933 bits per heavy atom. The number of hydrogen-bond acceptors (Lipinski definition) is 6. The molecule has 0 aliphatic carbocycles. The molecule has 3 aromatic rings. The second kappa shape index (κ2) is 7.87. The van der Waals surface area contributed by atoms with Gasteiger partial charge >= 0.3 is 0 Å². The summed E-state index contributed by atoms with van der Waals surface area (Å²) in [5.74, 6) is 1.33. The number of aromatic nitrogens is 1. The van der Waals surface area contributed by atoms with Crippen molar-refractivity contribution in [2.45, 2.75) is 12.1 Å². The Morgan fingerprint density at radius 2 is 1.50 bits per heavy atom. The molecule has 2 aromatic carbocycles. The Kier molecular flexibility index (Phi) is 5.10. The van der Waals surface area contributed by atoms with Crippen molar-refractivity contribution in [2.75, 3.05) is 14.2 Å². The van der Waals surface area contributed by atoms with E-state index >= 15 is 0 Å². The lowest BCUT2D eigenvalue weighted by Crippen LogP contribution is -2.43. The minimum Gasteiger partial charge on any atom is -0.497 e. The predicted octanol–water partition coefficient (Wildman–Crippen LogP) is 2.70. The quantitative estimate of drug-likeness (QED) is 0.685. The van der Waals surface area contributed by atoms with E-state index in [1.54, 1.807) is 26.6 Å². The van der Waals surface area contributed by atoms with Crippen molar-refractivity contribution in [2.24, 2.45) is 10.7 Å². The molecule has 7 nitrogen and oxygen atoms in total. The van der Waals surface area contributed by atoms with Crippen molar-refractivity contribution < 1.29 is 14.3 Å². The van der Waals surface area contributed by atoms with Crippen molar-refractivity contribution in [1.29, 1.82) is 0 Å². The van der Waals surface area contributed by atoms with E-state index in [0.717, 1.165) is 5.56 Å². The topological polar surface area (TPSA) is 90.0 Å². The number of nitrogens with zero attached hydrogens (tertiary/aromatic N) is 3. The van der Waals surface area contributed by atoms with Crippen molar-refractivity contribution in [3.63, 3.8) is 0 Å². The minimum absolute atomic E-state index is 0.162. The Bertz CT molecular complexity index is 1020. The lowest BCUT2D eigenvalue weighted by atomic mass is 9.82. The summed E-state index contributed by atoms with van der Waals surface area (Å²) in [7, 11) is 3.20. The molecule has 2 heterocycles. The molecule has 0 saturated carbocycles. The predicted molar refractivity (Wildman–Crippen MR) is 113 cm³/mol. The van der Waals surface area contributed by atoms with E-state index in [1.165, 1.54) is 4.90 Å². The normalized spacial score (nSPS) is 15.1. The summed E-state index contributed by atoms with van der Waals surface area (Å²) in [6.45, 7) is 0.288. The fraction of sp³-hybridized carbons (Fsp3) is 0.174. The largest absolute Gasteiger partial charge is 0.497 e. The fourth-order valence-corrected chi connectivity index (χ4v) is 3.61. The van der Waals surface area contributed by atoms with Gasteiger partial charge in [0.25, 0.3) is 5.91 Å². The maximum atomic E-state index is 13.8. The van der Waals surface area contributed by atoms with E-state index in [-0.39, 0.29) is 18.4 Å². The molecule has 1 aliphatic heterocycles. The molecular weight excluding hydrogens is 380 g/mol. The first-order valence-corrected chi connectivity index (χ1v) is 9.43. The van der Waals surface area contributed by atoms with Crippen LogP contribution in [0.4, 0.5) is 0 Å². The lowest BCUT2D eigenvalue weighted by Gasteiger charge is -2.27. The number of methoxy groups -OCH3 is 2. The summed E-state index contributed by atoms with van der Waals surface area (Å²) in [6, 6.07) is 18.3. The molecule has 2 N–H and O–H groups in total. The molecule has 0 bridgehead atoms. The molecule has 152 valence electrons. The van der Waals surface area contributed by atoms with E-state index in [4.69, 9.17) is 20.2 Å². The molecule has 7 heteroatoms. The highest BCUT2D eigenvalue weighted by atomic mass is 16.5. The third-order valence-corrected chi connectivity index (χ3v) is 5.19. The number of aliphatic imine (C=N–C) groups is 1. The van der Waals surface area contributed by atoms with Crippen LogP contribution < -0.4 is 15.2 Å². The maximum Gasteiger partial charge on any atom is 0.266 e. The number of nitrogens with two attached hydrogens (primary N) is 1. The summed E-state index contributed by atoms with van der Waals surface area (Å²) in [6.07, 6.45) is 3.40. The molecule has 0 saturated heterocycles. The third kappa shape index (κ3) is 3.24. The maximum absolute atomic E-state index is 13.8. The molecule has 0 unspecified atom stereocenters. The zero-order valence-electron chi connectivity index (χ0n) is 16.8. The number of guanidine groups is 1. The number of ether oxygens (including phenoxy) is 2. The van der Waals surface area contributed by atoms with Gasteiger partial charge in [-0.15, -0.1) is 0 Å². The Labute approximate surface area is 174 Å². The highest BCUT2D eigenvalue weighted by Crippen LogP contribution is 2.41. The smallest absolute Gasteiger partial charge is 0.266 e. The molecule has 1 amide bonds. The van der Waals surface area contributed by atoms with Gasteiger partial charge in [-0.1, -0.05) is 30.3 Å². The summed E-state index contributed by atoms with van der Waals surface area (Å²) >= 11 is 0. The number of rotatable bonds is 6. The van der Waals surface area contributed by atoms with Gasteiger partial charge in [-0.25, -0.2) is 4.99 Å². The summed E-state index contributed by atoms with van der Waals surface area (Å²) in [5.41, 5.74) is 7.25. The van der Waals surface area contributed by atoms with Crippen LogP contribution in [0.5, 0.6) is 11.5 Å². The van der Waals surface area contributed by atoms with Crippen molar-refractivity contribution in [1.82, 2.24) is 9.88 Å². The van der Waals surface area contributed by atoms with E-state index < -0.39 is 5.54 Å². The van der Waals surface area contributed by atoms with Crippen LogP contribution in [0.3, 0.4) is 0 Å². The van der Waals surface area contributed by atoms with Gasteiger partial charge in [0.2, 0.25) is 0 Å². The van der Waals surface area contributed by atoms with Crippen LogP contribution >= 0.6 is 0 Å². The first-order valence-electron chi connectivity index (χ1n) is 9.43. The average molecular weight is 402 g/mol. The van der Waals surface area contributed by atoms with Gasteiger partial charge in [-0.2, -0.15) is 0 Å². The molecule has 0 spiro atoms. The fourth-order valence-electron chi connectivity index (χ4n) is 3.61. The number of benzene rings is 2. The standard InChI is InChI=1S/C23H22N4O3/c1-29-19-9-5-17(6-10-19)23(18-7-11-20(30-2)12-8-18)21(28)27(22(24)26-23)15-16-4-3-13-25-14-16/h3-14H,15H2,1-2H3,(H2,24,26). The number of amides is 1. The van der Waals surface area contributed by atoms with Gasteiger partial charge in [0, 0.05) is 12.4 Å². The van der Waals surface area contributed by atoms with E-state index in [9.17, 15) is 4.79 Å². The van der Waals surface area contributed by atoms with Crippen LogP contribution in [-0.2, 0) is 16.9 Å². The summed E-state index contributed by atoms with van der Waals surface area (Å²) < 4.78 is 10.5. The molecule has 30 heavy (non-hydrogen) atoms. The average Bonchev–Trinajstić information content (AvgIpc) is 3.05. The number of carbonyl (C=O) groups excluding carboxylic acids is 1. The van der Waals surface area contributed by atoms with Gasteiger partial charge in [-0.3, -0.25) is 14.7 Å². The van der Waals surface area contributed by atoms with Crippen molar-refractivity contribution in [3.8, 4) is 11.5 Å². The minimum atomic E-state index is -1.29. The molecule has 4 rings (SSSR count). The number of hydrogen-bond donors (Lipinski definition) is 1. The third-order valence-electron chi connectivity index (χ3n) is 5.19. The second-order valence-corrected chi connectivity index (χ2v) is 6.89. The highest BCUT2D eigenvalue weighted by Gasteiger charge is 2.50. The molecule has 0 fully saturated rings. The summed E-state index contributed by atoms with van der Waals surface area (Å²) in [4.78, 5) is 24.1. The van der Waals surface area contributed by atoms with Crippen molar-refractivity contribution in [3.05, 3.63) is 89.7 Å². The van der Waals surface area contributed by atoms with Crippen LogP contribution in [0.15, 0.2) is 78.0 Å². The van der Waals surface area contributed by atoms with Crippen molar-refractivity contribution >= 4 is 11.9 Å². The van der Waals surface area contributed by atoms with Crippen LogP contribution in [0.1, 0.15) is 16.7 Å². The zero-order valence-corrected chi connectivity index (χ0v) is 16.8. The van der Waals surface area contributed by atoms with Crippen LogP contribution in [0.2, 0.25) is 0 Å². The van der Waals surface area contributed by atoms with Gasteiger partial charge in [0.05, 0.1) is 20.8 Å². The Balaban J connectivity index is 1.81. The number of carbonyl (C=O) groups is 1. The molecule has 0 atom stereocenters. The first kappa shape index (κ1) is 19.4. The Morgan fingerprint density at radius 3 is 1.97 bits per heavy atom. The first-order chi connectivity index (χ1) is 14.6. The monoisotopic (exact) mass is 402 g/mol. The van der Waals surface area contributed by atoms with Crippen LogP contribution in [0.25, 0.3) is 0 Å². The molecule has 1 aliphatic rings. The molecule has 0 radical (unpaired) electrons. The lowest BCUT2D eigenvalue weighted by molar-refractivity contribution is -0.130. The second-order valence-electron chi connectivity index (χ2n) is 6.89. The van der Waals surface area contributed by atoms with E-state index in [2.05, 4.69) is 4.98 Å². The number of pyridine rings is 1. The van der Waals surface area contributed by atoms with Gasteiger partial charge in [0.1, 0.15) is 11.5 Å². The zero-order chi connectivity index (χ0) is 21.1.